The summed E-state index contributed by atoms with van der Waals surface area (Å²) in [5.41, 5.74) is 1.75. The maximum atomic E-state index is 15.0. The third kappa shape index (κ3) is 4.61. The third-order valence-corrected chi connectivity index (χ3v) is 5.04. The molecule has 0 aliphatic rings. The molecule has 5 heteroatoms. The summed E-state index contributed by atoms with van der Waals surface area (Å²) < 4.78 is 15.0. The van der Waals surface area contributed by atoms with E-state index in [1.54, 1.807) is 60.7 Å². The summed E-state index contributed by atoms with van der Waals surface area (Å²) in [7, 11) is 0. The molecule has 2 amide bonds. The van der Waals surface area contributed by atoms with E-state index in [2.05, 4.69) is 10.6 Å². The van der Waals surface area contributed by atoms with E-state index in [-0.39, 0.29) is 12.5 Å². The van der Waals surface area contributed by atoms with Crippen LogP contribution in [-0.2, 0) is 4.79 Å². The van der Waals surface area contributed by atoms with Crippen LogP contribution in [0.5, 0.6) is 0 Å². The van der Waals surface area contributed by atoms with Crippen molar-refractivity contribution in [3.05, 3.63) is 114 Å². The van der Waals surface area contributed by atoms with Gasteiger partial charge in [-0.1, -0.05) is 84.9 Å². The molecule has 0 saturated carbocycles. The van der Waals surface area contributed by atoms with Crippen molar-refractivity contribution in [3.63, 3.8) is 0 Å². The van der Waals surface area contributed by atoms with Gasteiger partial charge >= 0.3 is 0 Å². The number of nitrogens with one attached hydrogen (secondary N) is 2. The molecule has 0 unspecified atom stereocenters. The van der Waals surface area contributed by atoms with Crippen LogP contribution < -0.4 is 10.6 Å². The van der Waals surface area contributed by atoms with Crippen LogP contribution in [0.2, 0.25) is 0 Å². The molecule has 4 aromatic carbocycles. The average molecular weight is 412 g/mol. The highest BCUT2D eigenvalue weighted by Gasteiger charge is 2.18. The zero-order valence-electron chi connectivity index (χ0n) is 16.7. The van der Waals surface area contributed by atoms with Crippen molar-refractivity contribution in [2.24, 2.45) is 0 Å². The molecule has 0 bridgehead atoms. The van der Waals surface area contributed by atoms with Crippen molar-refractivity contribution < 1.29 is 14.0 Å². The second kappa shape index (κ2) is 9.22. The molecule has 0 aromatic heterocycles. The van der Waals surface area contributed by atoms with Crippen LogP contribution in [0.4, 0.5) is 10.1 Å². The fraction of sp³-hybridized carbons (Fsp3) is 0.0769. The summed E-state index contributed by atoms with van der Waals surface area (Å²) in [6.45, 7) is -0.224. The van der Waals surface area contributed by atoms with Gasteiger partial charge in [-0.25, -0.2) is 4.39 Å². The van der Waals surface area contributed by atoms with Gasteiger partial charge in [0.15, 0.2) is 6.17 Å². The van der Waals surface area contributed by atoms with E-state index in [0.717, 1.165) is 10.8 Å². The predicted octanol–water partition coefficient (Wildman–Crippen LogP) is 5.27. The average Bonchev–Trinajstić information content (AvgIpc) is 2.82. The summed E-state index contributed by atoms with van der Waals surface area (Å²) >= 11 is 0. The zero-order chi connectivity index (χ0) is 21.6. The van der Waals surface area contributed by atoms with Crippen LogP contribution in [0.25, 0.3) is 10.8 Å². The minimum absolute atomic E-state index is 0.224. The van der Waals surface area contributed by atoms with Gasteiger partial charge in [-0.3, -0.25) is 9.59 Å². The number of carbonyl (C=O) groups excluding carboxylic acids is 2. The first-order chi connectivity index (χ1) is 15.1. The molecule has 0 aliphatic carbocycles. The van der Waals surface area contributed by atoms with Gasteiger partial charge in [0.2, 0.25) is 5.91 Å². The van der Waals surface area contributed by atoms with Gasteiger partial charge in [0, 0.05) is 16.8 Å². The summed E-state index contributed by atoms with van der Waals surface area (Å²) in [6, 6.07) is 28.5. The highest BCUT2D eigenvalue weighted by molar-refractivity contribution is 6.08. The Hall–Kier alpha value is -3.99. The fourth-order valence-corrected chi connectivity index (χ4v) is 3.51. The molecule has 154 valence electrons. The van der Waals surface area contributed by atoms with E-state index in [0.29, 0.717) is 22.4 Å². The molecule has 31 heavy (non-hydrogen) atoms. The van der Waals surface area contributed by atoms with E-state index >= 15 is 4.39 Å². The van der Waals surface area contributed by atoms with Crippen molar-refractivity contribution in [3.8, 4) is 0 Å². The molecule has 4 nitrogen and oxygen atoms in total. The van der Waals surface area contributed by atoms with Crippen LogP contribution in [-0.4, -0.2) is 18.4 Å². The number of alkyl halides is 1. The van der Waals surface area contributed by atoms with Crippen molar-refractivity contribution in [2.45, 2.75) is 6.17 Å². The normalized spacial score (nSPS) is 11.6. The third-order valence-electron chi connectivity index (χ3n) is 5.04. The quantitative estimate of drug-likeness (QED) is 0.453. The number of halogens is 1. The molecule has 0 fully saturated rings. The minimum atomic E-state index is -1.37. The standard InChI is InChI=1S/C26H21FN2O2/c27-25(19-10-2-1-3-11-19)22-14-6-7-16-23(22)29-24(30)17-28-26(31)21-15-8-12-18-9-4-5-13-20(18)21/h1-16,25H,17H2,(H,28,31)(H,29,30)/t25-/m1/s1. The maximum Gasteiger partial charge on any atom is 0.252 e. The predicted molar refractivity (Wildman–Crippen MR) is 121 cm³/mol. The van der Waals surface area contributed by atoms with E-state index in [1.165, 1.54) is 0 Å². The molecular weight excluding hydrogens is 391 g/mol. The molecule has 0 heterocycles. The Morgan fingerprint density at radius 3 is 2.29 bits per heavy atom. The van der Waals surface area contributed by atoms with E-state index in [9.17, 15) is 9.59 Å². The van der Waals surface area contributed by atoms with Crippen LogP contribution in [0, 0.1) is 0 Å². The molecule has 4 aromatic rings. The van der Waals surface area contributed by atoms with Crippen LogP contribution in [0.3, 0.4) is 0 Å². The second-order valence-corrected chi connectivity index (χ2v) is 7.12. The topological polar surface area (TPSA) is 58.2 Å². The number of hydrogen-bond donors (Lipinski definition) is 2. The lowest BCUT2D eigenvalue weighted by molar-refractivity contribution is -0.115. The summed E-state index contributed by atoms with van der Waals surface area (Å²) in [4.78, 5) is 25.1. The SMILES string of the molecule is O=C(CNC(=O)c1cccc2ccccc12)Nc1ccccc1[C@H](F)c1ccccc1. The Balaban J connectivity index is 1.44. The first kappa shape index (κ1) is 20.3. The number of carbonyl (C=O) groups is 2. The second-order valence-electron chi connectivity index (χ2n) is 7.12. The lowest BCUT2D eigenvalue weighted by Crippen LogP contribution is -2.33. The molecule has 4 rings (SSSR count). The molecule has 1 atom stereocenters. The molecule has 0 spiro atoms. The fourth-order valence-electron chi connectivity index (χ4n) is 3.51. The van der Waals surface area contributed by atoms with Crippen molar-refractivity contribution in [1.82, 2.24) is 5.32 Å². The van der Waals surface area contributed by atoms with Gasteiger partial charge in [0.1, 0.15) is 0 Å². The first-order valence-corrected chi connectivity index (χ1v) is 9.97. The van der Waals surface area contributed by atoms with Gasteiger partial charge in [-0.2, -0.15) is 0 Å². The Labute approximate surface area is 179 Å². The first-order valence-electron chi connectivity index (χ1n) is 9.97. The van der Waals surface area contributed by atoms with Crippen molar-refractivity contribution in [1.29, 1.82) is 0 Å². The summed E-state index contributed by atoms with van der Waals surface area (Å²) in [6.07, 6.45) is -1.37. The van der Waals surface area contributed by atoms with Gasteiger partial charge in [-0.15, -0.1) is 0 Å². The number of hydrogen-bond acceptors (Lipinski definition) is 2. The highest BCUT2D eigenvalue weighted by Crippen LogP contribution is 2.31. The molecule has 2 N–H and O–H groups in total. The van der Waals surface area contributed by atoms with E-state index in [1.807, 2.05) is 36.4 Å². The van der Waals surface area contributed by atoms with Gasteiger partial charge in [-0.05, 0) is 28.5 Å². The lowest BCUT2D eigenvalue weighted by Gasteiger charge is -2.15. The molecular formula is C26H21FN2O2. The highest BCUT2D eigenvalue weighted by atomic mass is 19.1. The Morgan fingerprint density at radius 1 is 0.774 bits per heavy atom. The zero-order valence-corrected chi connectivity index (χ0v) is 16.7. The number of fused-ring (bicyclic) bond motifs is 1. The Bertz CT molecular complexity index is 1220. The lowest BCUT2D eigenvalue weighted by atomic mass is 10.0. The molecule has 0 aliphatic heterocycles. The smallest absolute Gasteiger partial charge is 0.252 e. The molecule has 0 radical (unpaired) electrons. The monoisotopic (exact) mass is 412 g/mol. The van der Waals surface area contributed by atoms with Crippen molar-refractivity contribution in [2.75, 3.05) is 11.9 Å². The number of rotatable bonds is 6. The Morgan fingerprint density at radius 2 is 1.45 bits per heavy atom. The van der Waals surface area contributed by atoms with Gasteiger partial charge in [0.25, 0.3) is 5.91 Å². The van der Waals surface area contributed by atoms with Crippen molar-refractivity contribution >= 4 is 28.3 Å². The van der Waals surface area contributed by atoms with Crippen LogP contribution >= 0.6 is 0 Å². The maximum absolute atomic E-state index is 15.0. The van der Waals surface area contributed by atoms with Gasteiger partial charge in [0.05, 0.1) is 6.54 Å². The largest absolute Gasteiger partial charge is 0.343 e. The van der Waals surface area contributed by atoms with Crippen LogP contribution in [0.1, 0.15) is 27.7 Å². The summed E-state index contributed by atoms with van der Waals surface area (Å²) in [5, 5.41) is 7.12. The summed E-state index contributed by atoms with van der Waals surface area (Å²) in [5.74, 6) is -0.769. The van der Waals surface area contributed by atoms with E-state index < -0.39 is 12.1 Å². The number of para-hydroxylation sites is 1. The van der Waals surface area contributed by atoms with Gasteiger partial charge < -0.3 is 10.6 Å². The number of amides is 2. The van der Waals surface area contributed by atoms with E-state index in [4.69, 9.17) is 0 Å². The Kier molecular flexibility index (Phi) is 6.03. The number of benzene rings is 4. The minimum Gasteiger partial charge on any atom is -0.343 e. The molecule has 0 saturated heterocycles. The van der Waals surface area contributed by atoms with Crippen LogP contribution in [0.15, 0.2) is 97.1 Å². The number of anilines is 1.